The molecule has 0 fully saturated rings. The minimum absolute atomic E-state index is 0.0503. The third-order valence-corrected chi connectivity index (χ3v) is 5.51. The number of rotatable bonds is 3. The van der Waals surface area contributed by atoms with E-state index < -0.39 is 0 Å². The zero-order valence-electron chi connectivity index (χ0n) is 13.6. The molecule has 7 heteroatoms. The van der Waals surface area contributed by atoms with Gasteiger partial charge in [-0.3, -0.25) is 0 Å². The van der Waals surface area contributed by atoms with Crippen LogP contribution in [0.5, 0.6) is 0 Å². The zero-order valence-corrected chi connectivity index (χ0v) is 15.9. The first kappa shape index (κ1) is 17.6. The zero-order chi connectivity index (χ0) is 19.0. The van der Waals surface area contributed by atoms with Crippen LogP contribution in [0.1, 0.15) is 10.8 Å². The molecule has 0 aliphatic carbocycles. The summed E-state index contributed by atoms with van der Waals surface area (Å²) in [5, 5.41) is 21.6. The normalized spacial score (nSPS) is 12.0. The smallest absolute Gasteiger partial charge is 0.179 e. The van der Waals surface area contributed by atoms with Crippen molar-refractivity contribution in [3.8, 4) is 17.4 Å². The highest BCUT2D eigenvalue weighted by Crippen LogP contribution is 2.35. The molecule has 0 aliphatic heterocycles. The number of hydrogen-bond donors (Lipinski definition) is 1. The maximum absolute atomic E-state index is 10.6. The van der Waals surface area contributed by atoms with Gasteiger partial charge in [0.05, 0.1) is 15.2 Å². The number of thiazole rings is 1. The molecule has 0 amide bonds. The number of benzene rings is 2. The topological polar surface area (TPSA) is 70.0 Å². The molecule has 27 heavy (non-hydrogen) atoms. The highest BCUT2D eigenvalue weighted by molar-refractivity contribution is 7.19. The van der Waals surface area contributed by atoms with Crippen LogP contribution in [0.15, 0.2) is 59.0 Å². The average molecular weight is 413 g/mol. The van der Waals surface area contributed by atoms with Gasteiger partial charge in [-0.15, -0.1) is 11.3 Å². The first-order chi connectivity index (χ1) is 13.1. The molecule has 0 saturated heterocycles. The van der Waals surface area contributed by atoms with E-state index in [0.29, 0.717) is 26.4 Å². The summed E-state index contributed by atoms with van der Waals surface area (Å²) in [5.41, 5.74) is 1.42. The number of allylic oxidation sites excluding steroid dienone is 1. The lowest BCUT2D eigenvalue weighted by Gasteiger charge is -2.02. The Hall–Kier alpha value is -2.78. The van der Waals surface area contributed by atoms with Crippen LogP contribution in [-0.2, 0) is 0 Å². The van der Waals surface area contributed by atoms with Crippen LogP contribution in [-0.4, -0.2) is 10.1 Å². The van der Waals surface area contributed by atoms with E-state index in [-0.39, 0.29) is 17.1 Å². The maximum Gasteiger partial charge on any atom is 0.179 e. The summed E-state index contributed by atoms with van der Waals surface area (Å²) in [7, 11) is 0. The van der Waals surface area contributed by atoms with Crippen molar-refractivity contribution >= 4 is 56.1 Å². The van der Waals surface area contributed by atoms with Crippen LogP contribution in [0.4, 0.5) is 0 Å². The van der Waals surface area contributed by atoms with E-state index in [2.05, 4.69) is 4.98 Å². The first-order valence-corrected chi connectivity index (χ1v) is 9.39. The molecule has 2 aromatic carbocycles. The Labute approximate surface area is 168 Å². The highest BCUT2D eigenvalue weighted by atomic mass is 35.5. The predicted octanol–water partition coefficient (Wildman–Crippen LogP) is 6.81. The lowest BCUT2D eigenvalue weighted by molar-refractivity contribution is 0.466. The largest absolute Gasteiger partial charge is 0.503 e. The molecule has 0 unspecified atom stereocenters. The van der Waals surface area contributed by atoms with E-state index in [9.17, 15) is 10.4 Å². The fraction of sp³-hybridized carbons (Fsp3) is 0. The highest BCUT2D eigenvalue weighted by Gasteiger charge is 2.19. The predicted molar refractivity (Wildman–Crippen MR) is 109 cm³/mol. The van der Waals surface area contributed by atoms with Gasteiger partial charge < -0.3 is 9.52 Å². The molecule has 1 N–H and O–H groups in total. The molecule has 0 radical (unpaired) electrons. The maximum atomic E-state index is 10.6. The fourth-order valence-corrected chi connectivity index (χ4v) is 3.94. The van der Waals surface area contributed by atoms with E-state index in [4.69, 9.17) is 27.6 Å². The summed E-state index contributed by atoms with van der Waals surface area (Å²) in [6.07, 6.45) is 0. The summed E-state index contributed by atoms with van der Waals surface area (Å²) in [4.78, 5) is 4.42. The second-order valence-corrected chi connectivity index (χ2v) is 7.48. The molecule has 0 bridgehead atoms. The molecule has 4 nitrogen and oxygen atoms in total. The summed E-state index contributed by atoms with van der Waals surface area (Å²) in [6.45, 7) is 0. The number of hydrogen-bond acceptors (Lipinski definition) is 5. The number of nitrogens with zero attached hydrogens (tertiary/aromatic N) is 2. The Morgan fingerprint density at radius 2 is 1.93 bits per heavy atom. The van der Waals surface area contributed by atoms with E-state index >= 15 is 0 Å². The summed E-state index contributed by atoms with van der Waals surface area (Å²) >= 11 is 13.5. The molecule has 0 spiro atoms. The van der Waals surface area contributed by atoms with Gasteiger partial charge in [0.15, 0.2) is 11.5 Å². The van der Waals surface area contributed by atoms with Gasteiger partial charge in [0.2, 0.25) is 0 Å². The number of aromatic nitrogens is 1. The molecular formula is C20H10Cl2N2O2S. The third-order valence-electron chi connectivity index (χ3n) is 3.89. The van der Waals surface area contributed by atoms with E-state index in [1.54, 1.807) is 30.3 Å². The monoisotopic (exact) mass is 412 g/mol. The SMILES string of the molecule is N#C/C(=C(/O)c1ccc(-c2cc(Cl)ccc2Cl)o1)c1nc2ccccc2s1. The van der Waals surface area contributed by atoms with Crippen LogP contribution in [0, 0.1) is 11.3 Å². The van der Waals surface area contributed by atoms with Crippen molar-refractivity contribution in [2.75, 3.05) is 0 Å². The Morgan fingerprint density at radius 1 is 1.11 bits per heavy atom. The summed E-state index contributed by atoms with van der Waals surface area (Å²) in [6, 6.07) is 17.8. The van der Waals surface area contributed by atoms with Gasteiger partial charge in [0, 0.05) is 10.6 Å². The number of fused-ring (bicyclic) bond motifs is 1. The van der Waals surface area contributed by atoms with Crippen LogP contribution in [0.3, 0.4) is 0 Å². The molecule has 2 heterocycles. The minimum Gasteiger partial charge on any atom is -0.503 e. The summed E-state index contributed by atoms with van der Waals surface area (Å²) < 4.78 is 6.65. The van der Waals surface area contributed by atoms with Crippen LogP contribution < -0.4 is 0 Å². The van der Waals surface area contributed by atoms with Crippen molar-refractivity contribution < 1.29 is 9.52 Å². The molecular weight excluding hydrogens is 403 g/mol. The molecule has 2 aromatic heterocycles. The van der Waals surface area contributed by atoms with Gasteiger partial charge in [-0.25, -0.2) is 4.98 Å². The van der Waals surface area contributed by atoms with Crippen molar-refractivity contribution in [1.82, 2.24) is 4.98 Å². The standard InChI is InChI=1S/C20H10Cl2N2O2S/c21-11-5-6-14(22)12(9-11)16-7-8-17(26-16)19(25)13(10-23)20-24-15-3-1-2-4-18(15)27-20/h1-9,25H/b19-13-. The lowest BCUT2D eigenvalue weighted by atomic mass is 10.2. The Balaban J connectivity index is 1.78. The van der Waals surface area contributed by atoms with E-state index in [1.165, 1.54) is 11.3 Å². The number of aliphatic hydroxyl groups excluding tert-OH is 1. The van der Waals surface area contributed by atoms with Gasteiger partial charge in [0.25, 0.3) is 0 Å². The number of para-hydroxylation sites is 1. The fourth-order valence-electron chi connectivity index (χ4n) is 2.60. The number of halogens is 2. The van der Waals surface area contributed by atoms with Crippen molar-refractivity contribution in [3.63, 3.8) is 0 Å². The van der Waals surface area contributed by atoms with Crippen LogP contribution >= 0.6 is 34.5 Å². The van der Waals surface area contributed by atoms with Crippen molar-refractivity contribution in [2.24, 2.45) is 0 Å². The molecule has 132 valence electrons. The second kappa shape index (κ2) is 7.09. The van der Waals surface area contributed by atoms with E-state index in [1.807, 2.05) is 30.3 Å². The number of nitriles is 1. The Kier molecular flexibility index (Phi) is 4.63. The van der Waals surface area contributed by atoms with Gasteiger partial charge in [-0.1, -0.05) is 35.3 Å². The summed E-state index contributed by atoms with van der Waals surface area (Å²) in [5.74, 6) is 0.309. The van der Waals surface area contributed by atoms with Crippen molar-refractivity contribution in [3.05, 3.63) is 75.4 Å². The van der Waals surface area contributed by atoms with Gasteiger partial charge >= 0.3 is 0 Å². The molecule has 4 aromatic rings. The van der Waals surface area contributed by atoms with Gasteiger partial charge in [-0.05, 0) is 42.5 Å². The average Bonchev–Trinajstić information content (AvgIpc) is 3.31. The third kappa shape index (κ3) is 3.31. The Morgan fingerprint density at radius 3 is 2.70 bits per heavy atom. The molecule has 0 aliphatic rings. The van der Waals surface area contributed by atoms with Gasteiger partial charge in [-0.2, -0.15) is 5.26 Å². The van der Waals surface area contributed by atoms with E-state index in [0.717, 1.165) is 10.2 Å². The number of furan rings is 1. The Bertz CT molecular complexity index is 1200. The molecule has 0 atom stereocenters. The lowest BCUT2D eigenvalue weighted by Crippen LogP contribution is -1.88. The van der Waals surface area contributed by atoms with Crippen LogP contribution in [0.2, 0.25) is 10.0 Å². The van der Waals surface area contributed by atoms with Crippen molar-refractivity contribution in [2.45, 2.75) is 0 Å². The molecule has 0 saturated carbocycles. The van der Waals surface area contributed by atoms with Crippen molar-refractivity contribution in [1.29, 1.82) is 5.26 Å². The number of aliphatic hydroxyl groups is 1. The first-order valence-electron chi connectivity index (χ1n) is 7.81. The quantitative estimate of drug-likeness (QED) is 0.296. The molecule has 4 rings (SSSR count). The van der Waals surface area contributed by atoms with Gasteiger partial charge in [0.1, 0.15) is 22.4 Å². The second-order valence-electron chi connectivity index (χ2n) is 5.61. The van der Waals surface area contributed by atoms with Crippen LogP contribution in [0.25, 0.3) is 32.9 Å². The minimum atomic E-state index is -0.277.